The maximum absolute atomic E-state index is 9.74. The number of nitrogens with zero attached hydrogens (tertiary/aromatic N) is 1. The molecule has 0 aromatic heterocycles. The quantitative estimate of drug-likeness (QED) is 0.832. The summed E-state index contributed by atoms with van der Waals surface area (Å²) in [6.45, 7) is 6.88. The number of rotatable bonds is 3. The molecule has 3 N–H and O–H groups in total. The minimum atomic E-state index is -0.525. The Bertz CT molecular complexity index is 390. The first-order chi connectivity index (χ1) is 8.11. The summed E-state index contributed by atoms with van der Waals surface area (Å²) in [6.07, 6.45) is 0.543. The molecule has 0 aliphatic carbocycles. The van der Waals surface area contributed by atoms with E-state index in [0.717, 1.165) is 25.1 Å². The van der Waals surface area contributed by atoms with Crippen molar-refractivity contribution in [3.63, 3.8) is 0 Å². The van der Waals surface area contributed by atoms with Crippen LogP contribution in [0.1, 0.15) is 36.6 Å². The van der Waals surface area contributed by atoms with Crippen molar-refractivity contribution in [3.05, 3.63) is 34.9 Å². The summed E-state index contributed by atoms with van der Waals surface area (Å²) < 4.78 is 0. The smallest absolute Gasteiger partial charge is 0.0912 e. The Morgan fingerprint density at radius 2 is 2.12 bits per heavy atom. The molecule has 1 aromatic carbocycles. The molecule has 1 aromatic rings. The number of nitrogens with two attached hydrogens (primary N) is 1. The fourth-order valence-electron chi connectivity index (χ4n) is 2.38. The lowest BCUT2D eigenvalue weighted by molar-refractivity contribution is 0.185. The van der Waals surface area contributed by atoms with E-state index in [4.69, 9.17) is 5.73 Å². The molecule has 0 fully saturated rings. The average molecular weight is 234 g/mol. The Kier molecular flexibility index (Phi) is 3.82. The summed E-state index contributed by atoms with van der Waals surface area (Å²) >= 11 is 0. The van der Waals surface area contributed by atoms with Crippen molar-refractivity contribution >= 4 is 0 Å². The van der Waals surface area contributed by atoms with Crippen molar-refractivity contribution in [2.45, 2.75) is 39.0 Å². The minimum absolute atomic E-state index is 0.289. The van der Waals surface area contributed by atoms with Crippen molar-refractivity contribution < 1.29 is 5.11 Å². The molecule has 2 rings (SSSR count). The highest BCUT2D eigenvalue weighted by Gasteiger charge is 2.19. The number of aliphatic hydroxyl groups excluding tert-OH is 1. The van der Waals surface area contributed by atoms with Gasteiger partial charge >= 0.3 is 0 Å². The zero-order valence-corrected chi connectivity index (χ0v) is 10.7. The van der Waals surface area contributed by atoms with E-state index in [2.05, 4.69) is 30.9 Å². The number of benzene rings is 1. The van der Waals surface area contributed by atoms with E-state index in [0.29, 0.717) is 6.04 Å². The van der Waals surface area contributed by atoms with Gasteiger partial charge in [0.1, 0.15) is 0 Å². The number of hydrogen-bond donors (Lipinski definition) is 2. The van der Waals surface area contributed by atoms with Crippen LogP contribution in [0.25, 0.3) is 0 Å². The molecule has 1 unspecified atom stereocenters. The summed E-state index contributed by atoms with van der Waals surface area (Å²) in [6, 6.07) is 6.85. The van der Waals surface area contributed by atoms with E-state index in [1.807, 2.05) is 6.07 Å². The van der Waals surface area contributed by atoms with E-state index in [1.165, 1.54) is 11.1 Å². The van der Waals surface area contributed by atoms with Crippen LogP contribution in [0.4, 0.5) is 0 Å². The highest BCUT2D eigenvalue weighted by molar-refractivity contribution is 5.35. The molecular formula is C14H22N2O. The van der Waals surface area contributed by atoms with Crippen LogP contribution >= 0.6 is 0 Å². The van der Waals surface area contributed by atoms with E-state index in [9.17, 15) is 5.11 Å². The molecule has 0 saturated heterocycles. The zero-order valence-electron chi connectivity index (χ0n) is 10.7. The maximum atomic E-state index is 9.74. The highest BCUT2D eigenvalue weighted by Crippen LogP contribution is 2.24. The van der Waals surface area contributed by atoms with Gasteiger partial charge in [0.25, 0.3) is 0 Å². The Balaban J connectivity index is 2.19. The molecule has 0 spiro atoms. The van der Waals surface area contributed by atoms with Gasteiger partial charge in [0.2, 0.25) is 0 Å². The fourth-order valence-corrected chi connectivity index (χ4v) is 2.38. The minimum Gasteiger partial charge on any atom is -0.387 e. The maximum Gasteiger partial charge on any atom is 0.0912 e. The van der Waals surface area contributed by atoms with Crippen LogP contribution in [0, 0.1) is 0 Å². The van der Waals surface area contributed by atoms with Gasteiger partial charge in [-0.1, -0.05) is 18.2 Å². The van der Waals surface area contributed by atoms with E-state index in [-0.39, 0.29) is 6.54 Å². The Labute approximate surface area is 103 Å². The molecule has 0 saturated carbocycles. The fraction of sp³-hybridized carbons (Fsp3) is 0.571. The third-order valence-electron chi connectivity index (χ3n) is 3.61. The molecule has 17 heavy (non-hydrogen) atoms. The summed E-state index contributed by atoms with van der Waals surface area (Å²) in [7, 11) is 0. The molecule has 3 heteroatoms. The predicted molar refractivity (Wildman–Crippen MR) is 69.7 cm³/mol. The standard InChI is InChI=1S/C14H22N2O/c1-10(2)16-6-5-11-7-12(14(17)8-15)3-4-13(11)9-16/h3-4,7,10,14,17H,5-6,8-9,15H2,1-2H3. The van der Waals surface area contributed by atoms with Crippen LogP contribution in [-0.4, -0.2) is 29.1 Å². The van der Waals surface area contributed by atoms with E-state index >= 15 is 0 Å². The summed E-state index contributed by atoms with van der Waals surface area (Å²) in [5.41, 5.74) is 9.19. The average Bonchev–Trinajstić information content (AvgIpc) is 2.36. The van der Waals surface area contributed by atoms with Crippen LogP contribution < -0.4 is 5.73 Å². The lowest BCUT2D eigenvalue weighted by Gasteiger charge is -2.32. The molecule has 1 aliphatic rings. The lowest BCUT2D eigenvalue weighted by atomic mass is 9.95. The van der Waals surface area contributed by atoms with Crippen LogP contribution in [0.5, 0.6) is 0 Å². The molecule has 0 amide bonds. The Hall–Kier alpha value is -0.900. The Morgan fingerprint density at radius 1 is 1.35 bits per heavy atom. The van der Waals surface area contributed by atoms with Crippen LogP contribution in [-0.2, 0) is 13.0 Å². The highest BCUT2D eigenvalue weighted by atomic mass is 16.3. The first-order valence-electron chi connectivity index (χ1n) is 6.35. The van der Waals surface area contributed by atoms with Crippen LogP contribution in [0.15, 0.2) is 18.2 Å². The van der Waals surface area contributed by atoms with Gasteiger partial charge in [-0.2, -0.15) is 0 Å². The first-order valence-corrected chi connectivity index (χ1v) is 6.35. The van der Waals surface area contributed by atoms with E-state index < -0.39 is 6.10 Å². The van der Waals surface area contributed by atoms with Gasteiger partial charge in [-0.05, 0) is 37.0 Å². The van der Waals surface area contributed by atoms with Gasteiger partial charge in [0, 0.05) is 25.7 Å². The van der Waals surface area contributed by atoms with Crippen molar-refractivity contribution in [2.24, 2.45) is 5.73 Å². The second-order valence-electron chi connectivity index (χ2n) is 5.09. The van der Waals surface area contributed by atoms with Crippen molar-refractivity contribution in [1.29, 1.82) is 0 Å². The van der Waals surface area contributed by atoms with Gasteiger partial charge in [0.05, 0.1) is 6.10 Å². The third kappa shape index (κ3) is 2.68. The van der Waals surface area contributed by atoms with Gasteiger partial charge in [-0.3, -0.25) is 4.90 Å². The topological polar surface area (TPSA) is 49.5 Å². The molecule has 1 atom stereocenters. The largest absolute Gasteiger partial charge is 0.387 e. The second kappa shape index (κ2) is 5.17. The van der Waals surface area contributed by atoms with E-state index in [1.54, 1.807) is 0 Å². The third-order valence-corrected chi connectivity index (χ3v) is 3.61. The number of aliphatic hydroxyl groups is 1. The lowest BCUT2D eigenvalue weighted by Crippen LogP contribution is -2.35. The molecule has 3 nitrogen and oxygen atoms in total. The van der Waals surface area contributed by atoms with Gasteiger partial charge < -0.3 is 10.8 Å². The molecule has 1 heterocycles. The van der Waals surface area contributed by atoms with Gasteiger partial charge in [0.15, 0.2) is 0 Å². The predicted octanol–water partition coefficient (Wildman–Crippen LogP) is 1.45. The van der Waals surface area contributed by atoms with Crippen molar-refractivity contribution in [2.75, 3.05) is 13.1 Å². The molecule has 1 aliphatic heterocycles. The molecule has 94 valence electrons. The van der Waals surface area contributed by atoms with Crippen LogP contribution in [0.3, 0.4) is 0 Å². The number of fused-ring (bicyclic) bond motifs is 1. The Morgan fingerprint density at radius 3 is 2.76 bits per heavy atom. The monoisotopic (exact) mass is 234 g/mol. The summed E-state index contributed by atoms with van der Waals surface area (Å²) in [5, 5.41) is 9.74. The molecule has 0 bridgehead atoms. The van der Waals surface area contributed by atoms with Crippen LogP contribution in [0.2, 0.25) is 0 Å². The zero-order chi connectivity index (χ0) is 12.4. The second-order valence-corrected chi connectivity index (χ2v) is 5.09. The van der Waals surface area contributed by atoms with Crippen molar-refractivity contribution in [1.82, 2.24) is 4.90 Å². The SMILES string of the molecule is CC(C)N1CCc2cc(C(O)CN)ccc2C1. The molecule has 0 radical (unpaired) electrons. The summed E-state index contributed by atoms with van der Waals surface area (Å²) in [5.74, 6) is 0. The molecular weight excluding hydrogens is 212 g/mol. The van der Waals surface area contributed by atoms with Crippen molar-refractivity contribution in [3.8, 4) is 0 Å². The summed E-state index contributed by atoms with van der Waals surface area (Å²) in [4.78, 5) is 2.47. The first kappa shape index (κ1) is 12.6. The van der Waals surface area contributed by atoms with Gasteiger partial charge in [-0.15, -0.1) is 0 Å². The normalized spacial score (nSPS) is 18.2. The number of hydrogen-bond acceptors (Lipinski definition) is 3. The van der Waals surface area contributed by atoms with Gasteiger partial charge in [-0.25, -0.2) is 0 Å².